The van der Waals surface area contributed by atoms with Gasteiger partial charge in [0.15, 0.2) is 0 Å². The Kier molecular flexibility index (Phi) is 7.65. The number of imidazole rings is 1. The minimum atomic E-state index is -0.947. The Labute approximate surface area is 253 Å². The largest absolute Gasteiger partial charge is 0.478 e. The van der Waals surface area contributed by atoms with Crippen molar-refractivity contribution in [3.63, 3.8) is 0 Å². The van der Waals surface area contributed by atoms with Crippen LogP contribution in [0.2, 0.25) is 0 Å². The van der Waals surface area contributed by atoms with Crippen LogP contribution in [0.5, 0.6) is 5.88 Å². The third-order valence-corrected chi connectivity index (χ3v) is 8.58. The molecule has 7 rings (SSSR count). The van der Waals surface area contributed by atoms with Crippen LogP contribution in [0.4, 0.5) is 4.39 Å². The van der Waals surface area contributed by atoms with E-state index in [-0.39, 0.29) is 30.0 Å². The van der Waals surface area contributed by atoms with Gasteiger partial charge in [-0.3, -0.25) is 9.88 Å². The Morgan fingerprint density at radius 2 is 1.89 bits per heavy atom. The smallest absolute Gasteiger partial charge is 0.335 e. The summed E-state index contributed by atoms with van der Waals surface area (Å²) in [6.45, 7) is 5.76. The first-order chi connectivity index (χ1) is 21.4. The van der Waals surface area contributed by atoms with E-state index in [1.165, 1.54) is 6.07 Å². The monoisotopic (exact) mass is 596 g/mol. The van der Waals surface area contributed by atoms with E-state index < -0.39 is 5.97 Å². The maximum absolute atomic E-state index is 14.7. The zero-order chi connectivity index (χ0) is 30.2. The number of aryl methyl sites for hydroxylation is 1. The molecule has 0 saturated carbocycles. The molecular formula is C33H33FN6O4. The second kappa shape index (κ2) is 11.9. The minimum absolute atomic E-state index is 0.0488. The van der Waals surface area contributed by atoms with E-state index >= 15 is 0 Å². The number of ether oxygens (including phenoxy) is 2. The number of hydrogen-bond acceptors (Lipinski definition) is 8. The second-order valence-electron chi connectivity index (χ2n) is 11.6. The van der Waals surface area contributed by atoms with Crippen molar-refractivity contribution in [2.75, 3.05) is 19.7 Å². The number of nitrogens with zero attached hydrogens (tertiary/aromatic N) is 6. The third-order valence-electron chi connectivity index (χ3n) is 8.58. The van der Waals surface area contributed by atoms with Crippen molar-refractivity contribution < 1.29 is 23.8 Å². The fraction of sp³-hybridized carbons (Fsp3) is 0.364. The number of pyridine rings is 1. The zero-order valence-electron chi connectivity index (χ0n) is 24.4. The molecule has 2 aliphatic rings. The summed E-state index contributed by atoms with van der Waals surface area (Å²) in [7, 11) is 0. The van der Waals surface area contributed by atoms with E-state index in [1.807, 2.05) is 19.1 Å². The number of aromatic carboxylic acids is 1. The molecule has 5 heterocycles. The lowest BCUT2D eigenvalue weighted by atomic mass is 9.93. The summed E-state index contributed by atoms with van der Waals surface area (Å²) in [6, 6.07) is 13.9. The highest BCUT2D eigenvalue weighted by Crippen LogP contribution is 2.30. The Hall–Kier alpha value is -4.48. The van der Waals surface area contributed by atoms with Crippen LogP contribution in [0, 0.1) is 12.7 Å². The highest BCUT2D eigenvalue weighted by atomic mass is 19.1. The standard InChI is InChI=1S/C33H33FN6O4/c1-20-16-35-28-15-25(34)23(13-29(28)36-20)19-44-32-4-2-3-26(38-32)21-7-10-39(11-8-21)18-31-37-27-6-5-22(33(41)42)14-30(27)40(31)17-24-9-12-43-24/h2-6,13-16,21,24H,7-12,17-19H2,1H3,(H,41,42)/t24-/m0/s1. The van der Waals surface area contributed by atoms with E-state index in [1.54, 1.807) is 36.5 Å². The lowest BCUT2D eigenvalue weighted by molar-refractivity contribution is -0.0592. The van der Waals surface area contributed by atoms with Gasteiger partial charge in [-0.25, -0.2) is 24.1 Å². The lowest BCUT2D eigenvalue weighted by Crippen LogP contribution is -2.35. The average molecular weight is 597 g/mol. The van der Waals surface area contributed by atoms with Gasteiger partial charge in [-0.15, -0.1) is 0 Å². The fourth-order valence-electron chi connectivity index (χ4n) is 6.02. The first-order valence-corrected chi connectivity index (χ1v) is 15.0. The summed E-state index contributed by atoms with van der Waals surface area (Å²) in [5.74, 6) is 0.345. The van der Waals surface area contributed by atoms with Gasteiger partial charge in [-0.1, -0.05) is 6.07 Å². The van der Waals surface area contributed by atoms with Gasteiger partial charge in [0.05, 0.1) is 52.5 Å². The van der Waals surface area contributed by atoms with Crippen LogP contribution in [0.1, 0.15) is 58.3 Å². The summed E-state index contributed by atoms with van der Waals surface area (Å²) in [5.41, 5.74) is 5.18. The van der Waals surface area contributed by atoms with Crippen LogP contribution in [-0.2, 0) is 24.4 Å². The van der Waals surface area contributed by atoms with Crippen LogP contribution in [0.3, 0.4) is 0 Å². The molecule has 1 N–H and O–H groups in total. The van der Waals surface area contributed by atoms with Crippen molar-refractivity contribution in [2.24, 2.45) is 0 Å². The Morgan fingerprint density at radius 1 is 1.05 bits per heavy atom. The van der Waals surface area contributed by atoms with Crippen molar-refractivity contribution >= 4 is 28.0 Å². The van der Waals surface area contributed by atoms with Gasteiger partial charge in [0.25, 0.3) is 0 Å². The van der Waals surface area contributed by atoms with E-state index in [0.29, 0.717) is 35.6 Å². The van der Waals surface area contributed by atoms with Gasteiger partial charge < -0.3 is 19.1 Å². The Bertz CT molecular complexity index is 1850. The maximum Gasteiger partial charge on any atom is 0.335 e. The number of piperidine rings is 1. The molecule has 2 saturated heterocycles. The first-order valence-electron chi connectivity index (χ1n) is 15.0. The molecule has 0 unspecified atom stereocenters. The number of carboxylic acid groups (broad SMARTS) is 1. The molecule has 0 aliphatic carbocycles. The molecule has 0 bridgehead atoms. The summed E-state index contributed by atoms with van der Waals surface area (Å²) in [4.78, 5) is 32.4. The molecule has 0 spiro atoms. The second-order valence-corrected chi connectivity index (χ2v) is 11.6. The van der Waals surface area contributed by atoms with Crippen LogP contribution in [-0.4, -0.2) is 66.3 Å². The SMILES string of the molecule is Cc1cnc2cc(F)c(COc3cccc(C4CCN(Cc5nc6ccc(C(=O)O)cc6n5C[C@@H]5CCO5)CC4)n3)cc2n1. The topological polar surface area (TPSA) is 115 Å². The van der Waals surface area contributed by atoms with Crippen molar-refractivity contribution in [1.82, 2.24) is 29.4 Å². The quantitative estimate of drug-likeness (QED) is 0.243. The summed E-state index contributed by atoms with van der Waals surface area (Å²) in [5, 5.41) is 9.52. The first kappa shape index (κ1) is 28.3. The predicted molar refractivity (Wildman–Crippen MR) is 161 cm³/mol. The van der Waals surface area contributed by atoms with Gasteiger partial charge in [0, 0.05) is 42.1 Å². The van der Waals surface area contributed by atoms with E-state index in [2.05, 4.69) is 19.4 Å². The molecule has 0 amide bonds. The number of halogens is 1. The van der Waals surface area contributed by atoms with Gasteiger partial charge in [0.1, 0.15) is 18.2 Å². The number of aromatic nitrogens is 5. The fourth-order valence-corrected chi connectivity index (χ4v) is 6.02. The molecule has 1 atom stereocenters. The molecule has 5 aromatic rings. The van der Waals surface area contributed by atoms with Gasteiger partial charge in [-0.2, -0.15) is 0 Å². The van der Waals surface area contributed by atoms with E-state index in [9.17, 15) is 14.3 Å². The number of benzene rings is 2. The molecule has 226 valence electrons. The predicted octanol–water partition coefficient (Wildman–Crippen LogP) is 5.27. The summed E-state index contributed by atoms with van der Waals surface area (Å²) < 4.78 is 28.5. The Balaban J connectivity index is 1.01. The van der Waals surface area contributed by atoms with Crippen LogP contribution >= 0.6 is 0 Å². The molecule has 3 aromatic heterocycles. The zero-order valence-corrected chi connectivity index (χ0v) is 24.4. The van der Waals surface area contributed by atoms with Crippen LogP contribution < -0.4 is 4.74 Å². The van der Waals surface area contributed by atoms with E-state index in [4.69, 9.17) is 19.4 Å². The van der Waals surface area contributed by atoms with E-state index in [0.717, 1.165) is 67.2 Å². The highest BCUT2D eigenvalue weighted by Gasteiger charge is 2.26. The Morgan fingerprint density at radius 3 is 2.66 bits per heavy atom. The summed E-state index contributed by atoms with van der Waals surface area (Å²) in [6.07, 6.45) is 4.61. The number of fused-ring (bicyclic) bond motifs is 2. The van der Waals surface area contributed by atoms with Crippen molar-refractivity contribution in [3.8, 4) is 5.88 Å². The molecule has 0 radical (unpaired) electrons. The van der Waals surface area contributed by atoms with Crippen molar-refractivity contribution in [2.45, 2.75) is 57.9 Å². The highest BCUT2D eigenvalue weighted by molar-refractivity contribution is 5.92. The molecular weight excluding hydrogens is 563 g/mol. The molecule has 10 nitrogen and oxygen atoms in total. The number of rotatable bonds is 9. The van der Waals surface area contributed by atoms with Crippen LogP contribution in [0.25, 0.3) is 22.1 Å². The number of likely N-dealkylation sites (tertiary alicyclic amines) is 1. The number of carbonyl (C=O) groups is 1. The molecule has 2 fully saturated rings. The number of hydrogen-bond donors (Lipinski definition) is 1. The van der Waals surface area contributed by atoms with Gasteiger partial charge in [-0.05, 0) is 69.6 Å². The third kappa shape index (κ3) is 5.85. The van der Waals surface area contributed by atoms with Gasteiger partial charge in [0.2, 0.25) is 5.88 Å². The normalized spacial score (nSPS) is 17.6. The molecule has 2 aromatic carbocycles. The number of carboxylic acids is 1. The minimum Gasteiger partial charge on any atom is -0.478 e. The molecule has 11 heteroatoms. The molecule has 2 aliphatic heterocycles. The van der Waals surface area contributed by atoms with Crippen molar-refractivity contribution in [1.29, 1.82) is 0 Å². The maximum atomic E-state index is 14.7. The molecule has 44 heavy (non-hydrogen) atoms. The van der Waals surface area contributed by atoms with Gasteiger partial charge >= 0.3 is 5.97 Å². The lowest BCUT2D eigenvalue weighted by Gasteiger charge is -2.32. The van der Waals surface area contributed by atoms with Crippen LogP contribution in [0.15, 0.2) is 54.7 Å². The average Bonchev–Trinajstić information content (AvgIpc) is 3.34. The van der Waals surface area contributed by atoms with Crippen molar-refractivity contribution in [3.05, 3.63) is 88.9 Å². The summed E-state index contributed by atoms with van der Waals surface area (Å²) >= 11 is 0.